The van der Waals surface area contributed by atoms with Gasteiger partial charge in [0, 0.05) is 28.9 Å². The fourth-order valence-electron chi connectivity index (χ4n) is 2.61. The smallest absolute Gasteiger partial charge is 0.249 e. The third-order valence-corrected chi connectivity index (χ3v) is 3.73. The van der Waals surface area contributed by atoms with Crippen molar-refractivity contribution in [3.63, 3.8) is 0 Å². The number of primary amides is 1. The molecule has 0 atom stereocenters. The summed E-state index contributed by atoms with van der Waals surface area (Å²) < 4.78 is 10.6. The van der Waals surface area contributed by atoms with Gasteiger partial charge in [-0.05, 0) is 35.9 Å². The molecule has 6 nitrogen and oxygen atoms in total. The molecule has 1 aliphatic heterocycles. The highest BCUT2D eigenvalue weighted by Gasteiger charge is 2.17. The van der Waals surface area contributed by atoms with E-state index in [4.69, 9.17) is 15.2 Å². The lowest BCUT2D eigenvalue weighted by Crippen LogP contribution is -2.12. The van der Waals surface area contributed by atoms with Crippen LogP contribution in [0.5, 0.6) is 11.5 Å². The van der Waals surface area contributed by atoms with Gasteiger partial charge in [-0.25, -0.2) is 4.98 Å². The number of rotatable bonds is 3. The van der Waals surface area contributed by atoms with Crippen LogP contribution in [0.15, 0.2) is 42.7 Å². The minimum absolute atomic E-state index is 0.183. The first-order chi connectivity index (χ1) is 11.2. The summed E-state index contributed by atoms with van der Waals surface area (Å²) in [6.45, 7) is 0.183. The van der Waals surface area contributed by atoms with Gasteiger partial charge >= 0.3 is 0 Å². The summed E-state index contributed by atoms with van der Waals surface area (Å²) in [6, 6.07) is 9.09. The zero-order chi connectivity index (χ0) is 15.8. The number of hydrogen-bond donors (Lipinski definition) is 2. The lowest BCUT2D eigenvalue weighted by atomic mass is 10.0. The number of pyridine rings is 1. The van der Waals surface area contributed by atoms with E-state index in [-0.39, 0.29) is 6.79 Å². The fourth-order valence-corrected chi connectivity index (χ4v) is 2.61. The van der Waals surface area contributed by atoms with Crippen molar-refractivity contribution in [1.82, 2.24) is 9.97 Å². The molecule has 2 aromatic heterocycles. The molecule has 0 saturated carbocycles. The van der Waals surface area contributed by atoms with E-state index in [0.29, 0.717) is 22.6 Å². The first kappa shape index (κ1) is 13.4. The van der Waals surface area contributed by atoms with Crippen LogP contribution in [-0.2, 0) is 4.79 Å². The second-order valence-corrected chi connectivity index (χ2v) is 5.13. The SMILES string of the molecule is NC(=O)/C(=C\c1c[nH]c2ncccc12)c1ccc2c(c1)OCO2. The van der Waals surface area contributed by atoms with Crippen LogP contribution in [-0.4, -0.2) is 22.7 Å². The molecule has 0 spiro atoms. The first-order valence-corrected chi connectivity index (χ1v) is 7.06. The minimum Gasteiger partial charge on any atom is -0.454 e. The van der Waals surface area contributed by atoms with Crippen LogP contribution in [0.2, 0.25) is 0 Å². The van der Waals surface area contributed by atoms with Crippen LogP contribution in [0.25, 0.3) is 22.7 Å². The summed E-state index contributed by atoms with van der Waals surface area (Å²) in [5.41, 5.74) is 8.25. The minimum atomic E-state index is -0.512. The van der Waals surface area contributed by atoms with Gasteiger partial charge in [-0.15, -0.1) is 0 Å². The maximum Gasteiger partial charge on any atom is 0.249 e. The number of ether oxygens (including phenoxy) is 2. The van der Waals surface area contributed by atoms with Gasteiger partial charge in [0.25, 0.3) is 0 Å². The largest absolute Gasteiger partial charge is 0.454 e. The lowest BCUT2D eigenvalue weighted by molar-refractivity contribution is -0.112. The van der Waals surface area contributed by atoms with E-state index in [1.165, 1.54) is 0 Å². The molecule has 3 aromatic rings. The number of H-pyrrole nitrogens is 1. The van der Waals surface area contributed by atoms with Crippen molar-refractivity contribution in [3.8, 4) is 11.5 Å². The Kier molecular flexibility index (Phi) is 3.01. The Bertz CT molecular complexity index is 943. The molecule has 6 heteroatoms. The molecule has 114 valence electrons. The van der Waals surface area contributed by atoms with E-state index in [1.807, 2.05) is 12.1 Å². The van der Waals surface area contributed by atoms with Crippen LogP contribution in [0.4, 0.5) is 0 Å². The third kappa shape index (κ3) is 2.30. The second kappa shape index (κ2) is 5.17. The van der Waals surface area contributed by atoms with Crippen molar-refractivity contribution in [2.45, 2.75) is 0 Å². The number of benzene rings is 1. The molecular formula is C17H13N3O3. The quantitative estimate of drug-likeness (QED) is 0.727. The van der Waals surface area contributed by atoms with Crippen molar-refractivity contribution < 1.29 is 14.3 Å². The summed E-state index contributed by atoms with van der Waals surface area (Å²) in [5, 5.41) is 0.923. The average Bonchev–Trinajstić information content (AvgIpc) is 3.18. The summed E-state index contributed by atoms with van der Waals surface area (Å²) in [7, 11) is 0. The van der Waals surface area contributed by atoms with Crippen molar-refractivity contribution in [2.24, 2.45) is 5.73 Å². The number of hydrogen-bond acceptors (Lipinski definition) is 4. The van der Waals surface area contributed by atoms with Gasteiger partial charge in [0.2, 0.25) is 12.7 Å². The third-order valence-electron chi connectivity index (χ3n) is 3.73. The molecule has 0 radical (unpaired) electrons. The Hall–Kier alpha value is -3.28. The predicted octanol–water partition coefficient (Wildman–Crippen LogP) is 2.32. The van der Waals surface area contributed by atoms with Crippen molar-refractivity contribution in [2.75, 3.05) is 6.79 Å². The van der Waals surface area contributed by atoms with E-state index in [2.05, 4.69) is 9.97 Å². The molecule has 4 rings (SSSR count). The van der Waals surface area contributed by atoms with Crippen LogP contribution in [0.1, 0.15) is 11.1 Å². The molecule has 0 saturated heterocycles. The number of aromatic amines is 1. The highest BCUT2D eigenvalue weighted by atomic mass is 16.7. The Balaban J connectivity index is 1.83. The molecule has 23 heavy (non-hydrogen) atoms. The number of carbonyl (C=O) groups excluding carboxylic acids is 1. The van der Waals surface area contributed by atoms with Gasteiger partial charge in [0.15, 0.2) is 11.5 Å². The molecule has 1 aromatic carbocycles. The normalized spacial score (nSPS) is 13.5. The molecule has 0 fully saturated rings. The fraction of sp³-hybridized carbons (Fsp3) is 0.0588. The maximum absolute atomic E-state index is 11.9. The number of fused-ring (bicyclic) bond motifs is 2. The molecular weight excluding hydrogens is 294 g/mol. The molecule has 0 unspecified atom stereocenters. The molecule has 3 heterocycles. The van der Waals surface area contributed by atoms with E-state index in [9.17, 15) is 4.79 Å². The van der Waals surface area contributed by atoms with Crippen molar-refractivity contribution >= 4 is 28.6 Å². The van der Waals surface area contributed by atoms with E-state index in [1.54, 1.807) is 36.7 Å². The van der Waals surface area contributed by atoms with Crippen LogP contribution in [0, 0.1) is 0 Å². The van der Waals surface area contributed by atoms with Crippen molar-refractivity contribution in [1.29, 1.82) is 0 Å². The Morgan fingerprint density at radius 3 is 3.00 bits per heavy atom. The van der Waals surface area contributed by atoms with Crippen molar-refractivity contribution in [3.05, 3.63) is 53.9 Å². The number of carbonyl (C=O) groups is 1. The maximum atomic E-state index is 11.9. The number of aromatic nitrogens is 2. The molecule has 1 amide bonds. The summed E-state index contributed by atoms with van der Waals surface area (Å²) in [4.78, 5) is 19.2. The number of amides is 1. The summed E-state index contributed by atoms with van der Waals surface area (Å²) >= 11 is 0. The van der Waals surface area contributed by atoms with Gasteiger partial charge in [-0.3, -0.25) is 4.79 Å². The predicted molar refractivity (Wildman–Crippen MR) is 85.7 cm³/mol. The molecule has 3 N–H and O–H groups in total. The van der Waals surface area contributed by atoms with E-state index < -0.39 is 5.91 Å². The van der Waals surface area contributed by atoms with Crippen LogP contribution in [0.3, 0.4) is 0 Å². The molecule has 0 aliphatic carbocycles. The number of nitrogens with one attached hydrogen (secondary N) is 1. The van der Waals surface area contributed by atoms with Gasteiger partial charge in [-0.1, -0.05) is 6.07 Å². The molecule has 1 aliphatic rings. The summed E-state index contributed by atoms with van der Waals surface area (Å²) in [5.74, 6) is 0.756. The Labute approximate surface area is 131 Å². The number of nitrogens with two attached hydrogens (primary N) is 1. The number of nitrogens with zero attached hydrogens (tertiary/aromatic N) is 1. The van der Waals surface area contributed by atoms with Gasteiger partial charge in [0.1, 0.15) is 5.65 Å². The monoisotopic (exact) mass is 307 g/mol. The topological polar surface area (TPSA) is 90.2 Å². The zero-order valence-electron chi connectivity index (χ0n) is 12.1. The van der Waals surface area contributed by atoms with Gasteiger partial charge in [0.05, 0.1) is 0 Å². The van der Waals surface area contributed by atoms with Crippen LogP contribution >= 0.6 is 0 Å². The highest BCUT2D eigenvalue weighted by Crippen LogP contribution is 2.35. The first-order valence-electron chi connectivity index (χ1n) is 7.06. The highest BCUT2D eigenvalue weighted by molar-refractivity contribution is 6.24. The van der Waals surface area contributed by atoms with Gasteiger partial charge in [-0.2, -0.15) is 0 Å². The Morgan fingerprint density at radius 2 is 2.13 bits per heavy atom. The Morgan fingerprint density at radius 1 is 1.26 bits per heavy atom. The standard InChI is InChI=1S/C17H13N3O3/c18-16(21)13(10-3-4-14-15(7-10)23-9-22-14)6-11-8-20-17-12(11)2-1-5-19-17/h1-8H,9H2,(H2,18,21)(H,19,20)/b13-6-. The molecule has 0 bridgehead atoms. The zero-order valence-corrected chi connectivity index (χ0v) is 12.1. The van der Waals surface area contributed by atoms with E-state index >= 15 is 0 Å². The average molecular weight is 307 g/mol. The lowest BCUT2D eigenvalue weighted by Gasteiger charge is -2.05. The van der Waals surface area contributed by atoms with Crippen LogP contribution < -0.4 is 15.2 Å². The summed E-state index contributed by atoms with van der Waals surface area (Å²) in [6.07, 6.45) is 5.26. The van der Waals surface area contributed by atoms with E-state index in [0.717, 1.165) is 16.6 Å². The second-order valence-electron chi connectivity index (χ2n) is 5.13. The van der Waals surface area contributed by atoms with Gasteiger partial charge < -0.3 is 20.2 Å².